The van der Waals surface area contributed by atoms with Gasteiger partial charge < -0.3 is 9.64 Å². The van der Waals surface area contributed by atoms with Crippen LogP contribution in [0, 0.1) is 12.8 Å². The van der Waals surface area contributed by atoms with Gasteiger partial charge in [-0.15, -0.1) is 0 Å². The summed E-state index contributed by atoms with van der Waals surface area (Å²) >= 11 is 0. The number of hydrogen-bond acceptors (Lipinski definition) is 4. The van der Waals surface area contributed by atoms with Crippen LogP contribution in [0.25, 0.3) is 0 Å². The summed E-state index contributed by atoms with van der Waals surface area (Å²) in [6.07, 6.45) is 7.32. The van der Waals surface area contributed by atoms with Crippen LogP contribution in [0.2, 0.25) is 0 Å². The van der Waals surface area contributed by atoms with Crippen LogP contribution in [-0.4, -0.2) is 45.1 Å². The molecule has 0 unspecified atom stereocenters. The Morgan fingerprint density at radius 2 is 1.81 bits per heavy atom. The molecule has 0 aromatic heterocycles. The van der Waals surface area contributed by atoms with E-state index in [1.165, 1.54) is 32.2 Å². The molecule has 0 radical (unpaired) electrons. The summed E-state index contributed by atoms with van der Waals surface area (Å²) in [4.78, 5) is 2.84. The molecule has 1 N–H and O–H groups in total. The van der Waals surface area contributed by atoms with E-state index in [2.05, 4.69) is 9.62 Å². The molecular weight excluding hydrogens is 360 g/mol. The summed E-state index contributed by atoms with van der Waals surface area (Å²) in [6, 6.07) is 5.13. The van der Waals surface area contributed by atoms with Gasteiger partial charge in [-0.1, -0.05) is 12.8 Å². The third kappa shape index (κ3) is 5.69. The van der Waals surface area contributed by atoms with E-state index in [0.29, 0.717) is 4.90 Å². The second-order valence-electron chi connectivity index (χ2n) is 8.44. The maximum absolute atomic E-state index is 12.8. The number of aryl methyl sites for hydroxylation is 1. The van der Waals surface area contributed by atoms with Crippen molar-refractivity contribution in [3.63, 3.8) is 0 Å². The minimum atomic E-state index is -3.49. The highest BCUT2D eigenvalue weighted by molar-refractivity contribution is 7.89. The van der Waals surface area contributed by atoms with Gasteiger partial charge in [-0.3, -0.25) is 0 Å². The van der Waals surface area contributed by atoms with Crippen molar-refractivity contribution >= 4 is 10.0 Å². The van der Waals surface area contributed by atoms with Crippen LogP contribution in [0.15, 0.2) is 23.1 Å². The number of rotatable bonds is 7. The van der Waals surface area contributed by atoms with Gasteiger partial charge in [-0.25, -0.2) is 13.1 Å². The quantitative estimate of drug-likeness (QED) is 0.766. The predicted octanol–water partition coefficient (Wildman–Crippen LogP) is 3.72. The Labute approximate surface area is 164 Å². The zero-order valence-electron chi connectivity index (χ0n) is 16.9. The topological polar surface area (TPSA) is 58.6 Å². The van der Waals surface area contributed by atoms with E-state index in [9.17, 15) is 8.42 Å². The first kappa shape index (κ1) is 20.6. The molecule has 1 saturated carbocycles. The third-order valence-corrected chi connectivity index (χ3v) is 7.24. The summed E-state index contributed by atoms with van der Waals surface area (Å²) < 4.78 is 34.2. The van der Waals surface area contributed by atoms with Crippen molar-refractivity contribution in [1.29, 1.82) is 0 Å². The van der Waals surface area contributed by atoms with E-state index in [-0.39, 0.29) is 12.1 Å². The number of likely N-dealkylation sites (tertiary alicyclic amines) is 1. The Bertz CT molecular complexity index is 719. The van der Waals surface area contributed by atoms with E-state index >= 15 is 0 Å². The molecule has 1 aromatic rings. The lowest BCUT2D eigenvalue weighted by Gasteiger charge is -2.33. The maximum atomic E-state index is 12.8. The molecule has 0 atom stereocenters. The van der Waals surface area contributed by atoms with Crippen LogP contribution >= 0.6 is 0 Å². The summed E-state index contributed by atoms with van der Waals surface area (Å²) in [5.41, 5.74) is 0.845. The molecule has 2 aliphatic rings. The molecule has 1 heterocycles. The SMILES string of the molecule is Cc1cc(S(=O)(=O)NC2CCN(CC3CCCC3)CC2)ccc1OC(C)C. The fourth-order valence-electron chi connectivity index (χ4n) is 4.25. The largest absolute Gasteiger partial charge is 0.491 e. The van der Waals surface area contributed by atoms with Crippen molar-refractivity contribution in [3.8, 4) is 5.75 Å². The number of ether oxygens (including phenoxy) is 1. The van der Waals surface area contributed by atoms with Gasteiger partial charge in [0.1, 0.15) is 5.75 Å². The highest BCUT2D eigenvalue weighted by Crippen LogP contribution is 2.27. The van der Waals surface area contributed by atoms with Crippen LogP contribution in [0.3, 0.4) is 0 Å². The molecule has 1 aliphatic carbocycles. The van der Waals surface area contributed by atoms with Crippen LogP contribution in [0.1, 0.15) is 57.9 Å². The van der Waals surface area contributed by atoms with E-state index in [1.54, 1.807) is 18.2 Å². The second-order valence-corrected chi connectivity index (χ2v) is 10.2. The lowest BCUT2D eigenvalue weighted by atomic mass is 10.0. The summed E-state index contributed by atoms with van der Waals surface area (Å²) in [5.74, 6) is 1.59. The van der Waals surface area contributed by atoms with Crippen molar-refractivity contribution in [2.75, 3.05) is 19.6 Å². The first-order valence-electron chi connectivity index (χ1n) is 10.4. The molecule has 0 amide bonds. The number of hydrogen-bond donors (Lipinski definition) is 1. The Morgan fingerprint density at radius 1 is 1.15 bits per heavy atom. The van der Waals surface area contributed by atoms with Crippen molar-refractivity contribution in [2.24, 2.45) is 5.92 Å². The molecule has 1 aromatic carbocycles. The molecule has 2 fully saturated rings. The van der Waals surface area contributed by atoms with Crippen molar-refractivity contribution in [1.82, 2.24) is 9.62 Å². The highest BCUT2D eigenvalue weighted by atomic mass is 32.2. The monoisotopic (exact) mass is 394 g/mol. The lowest BCUT2D eigenvalue weighted by Crippen LogP contribution is -2.45. The molecule has 1 saturated heterocycles. The molecule has 1 aliphatic heterocycles. The van der Waals surface area contributed by atoms with E-state index < -0.39 is 10.0 Å². The second kappa shape index (κ2) is 8.93. The lowest BCUT2D eigenvalue weighted by molar-refractivity contribution is 0.180. The number of piperidine rings is 1. The average molecular weight is 395 g/mol. The molecule has 0 bridgehead atoms. The minimum Gasteiger partial charge on any atom is -0.491 e. The Kier molecular flexibility index (Phi) is 6.82. The molecule has 0 spiro atoms. The molecule has 6 heteroatoms. The van der Waals surface area contributed by atoms with Gasteiger partial charge in [0.05, 0.1) is 11.0 Å². The first-order chi connectivity index (χ1) is 12.8. The Balaban J connectivity index is 1.54. The number of nitrogens with zero attached hydrogens (tertiary/aromatic N) is 1. The van der Waals surface area contributed by atoms with Crippen molar-refractivity contribution in [2.45, 2.75) is 76.3 Å². The van der Waals surface area contributed by atoms with E-state index in [4.69, 9.17) is 4.74 Å². The van der Waals surface area contributed by atoms with Crippen LogP contribution in [-0.2, 0) is 10.0 Å². The van der Waals surface area contributed by atoms with Crippen LogP contribution in [0.5, 0.6) is 5.75 Å². The van der Waals surface area contributed by atoms with Gasteiger partial charge in [-0.2, -0.15) is 0 Å². The molecule has 3 rings (SSSR count). The summed E-state index contributed by atoms with van der Waals surface area (Å²) in [6.45, 7) is 8.98. The average Bonchev–Trinajstić information content (AvgIpc) is 3.11. The van der Waals surface area contributed by atoms with E-state index in [0.717, 1.165) is 43.2 Å². The predicted molar refractivity (Wildman–Crippen MR) is 109 cm³/mol. The van der Waals surface area contributed by atoms with E-state index in [1.807, 2.05) is 20.8 Å². The summed E-state index contributed by atoms with van der Waals surface area (Å²) in [7, 11) is -3.49. The Hall–Kier alpha value is -1.11. The zero-order valence-corrected chi connectivity index (χ0v) is 17.7. The van der Waals surface area contributed by atoms with Gasteiger partial charge >= 0.3 is 0 Å². The number of benzene rings is 1. The van der Waals surface area contributed by atoms with Gasteiger partial charge in [0.2, 0.25) is 10.0 Å². The van der Waals surface area contributed by atoms with Crippen LogP contribution < -0.4 is 9.46 Å². The number of nitrogens with one attached hydrogen (secondary N) is 1. The normalized spacial score (nSPS) is 20.4. The van der Waals surface area contributed by atoms with Gasteiger partial charge in [0.25, 0.3) is 0 Å². The molecular formula is C21H34N2O3S. The summed E-state index contributed by atoms with van der Waals surface area (Å²) in [5, 5.41) is 0. The first-order valence-corrected chi connectivity index (χ1v) is 11.8. The minimum absolute atomic E-state index is 0.0294. The number of sulfonamides is 1. The molecule has 152 valence electrons. The highest BCUT2D eigenvalue weighted by Gasteiger charge is 2.27. The van der Waals surface area contributed by atoms with Crippen LogP contribution in [0.4, 0.5) is 0 Å². The van der Waals surface area contributed by atoms with Gasteiger partial charge in [-0.05, 0) is 89.2 Å². The molecule has 27 heavy (non-hydrogen) atoms. The molecule has 5 nitrogen and oxygen atoms in total. The standard InChI is InChI=1S/C21H34N2O3S/c1-16(2)26-21-9-8-20(14-17(21)3)27(24,25)22-19-10-12-23(13-11-19)15-18-6-4-5-7-18/h8-9,14,16,18-19,22H,4-7,10-13,15H2,1-3H3. The fourth-order valence-corrected chi connectivity index (χ4v) is 5.64. The fraction of sp³-hybridized carbons (Fsp3) is 0.714. The Morgan fingerprint density at radius 3 is 2.41 bits per heavy atom. The van der Waals surface area contributed by atoms with Crippen molar-refractivity contribution < 1.29 is 13.2 Å². The van der Waals surface area contributed by atoms with Crippen molar-refractivity contribution in [3.05, 3.63) is 23.8 Å². The smallest absolute Gasteiger partial charge is 0.240 e. The third-order valence-electron chi connectivity index (χ3n) is 5.72. The zero-order chi connectivity index (χ0) is 19.4. The van der Waals surface area contributed by atoms with Gasteiger partial charge in [0.15, 0.2) is 0 Å². The van der Waals surface area contributed by atoms with Gasteiger partial charge in [0, 0.05) is 12.6 Å². The maximum Gasteiger partial charge on any atom is 0.240 e.